The number of carbonyl (C=O) groups is 1. The van der Waals surface area contributed by atoms with Gasteiger partial charge in [-0.2, -0.15) is 0 Å². The number of benzene rings is 1. The van der Waals surface area contributed by atoms with Gasteiger partial charge >= 0.3 is 0 Å². The van der Waals surface area contributed by atoms with Crippen LogP contribution < -0.4 is 5.32 Å². The minimum atomic E-state index is -0.875. The lowest BCUT2D eigenvalue weighted by atomic mass is 10.00. The van der Waals surface area contributed by atoms with Gasteiger partial charge < -0.3 is 4.90 Å². The molecule has 0 spiro atoms. The van der Waals surface area contributed by atoms with Crippen molar-refractivity contribution in [3.05, 3.63) is 35.4 Å². The average Bonchev–Trinajstić information content (AvgIpc) is 2.39. The van der Waals surface area contributed by atoms with E-state index < -0.39 is 23.7 Å². The highest BCUT2D eigenvalue weighted by molar-refractivity contribution is 5.81. The summed E-state index contributed by atoms with van der Waals surface area (Å²) in [7, 11) is 3.37. The highest BCUT2D eigenvalue weighted by Crippen LogP contribution is 2.20. The number of hydrogen-bond donors (Lipinski definition) is 1. The van der Waals surface area contributed by atoms with Gasteiger partial charge in [-0.05, 0) is 25.3 Å². The van der Waals surface area contributed by atoms with Gasteiger partial charge in [0.25, 0.3) is 0 Å². The van der Waals surface area contributed by atoms with E-state index in [1.54, 1.807) is 21.0 Å². The van der Waals surface area contributed by atoms with E-state index in [1.165, 1.54) is 17.0 Å². The Morgan fingerprint density at radius 1 is 1.24 bits per heavy atom. The molecule has 1 aromatic rings. The summed E-state index contributed by atoms with van der Waals surface area (Å²) in [6, 6.07) is 3.22. The Balaban J connectivity index is 2.92. The van der Waals surface area contributed by atoms with Crippen LogP contribution >= 0.6 is 0 Å². The highest BCUT2D eigenvalue weighted by Gasteiger charge is 2.25. The quantitative estimate of drug-likeness (QED) is 0.875. The molecule has 1 aromatic carbocycles. The van der Waals surface area contributed by atoms with Gasteiger partial charge in [-0.25, -0.2) is 8.78 Å². The van der Waals surface area contributed by atoms with Crippen molar-refractivity contribution >= 4 is 5.91 Å². The predicted molar refractivity (Wildman–Crippen MR) is 79.8 cm³/mol. The molecule has 2 unspecified atom stereocenters. The lowest BCUT2D eigenvalue weighted by Gasteiger charge is -2.27. The summed E-state index contributed by atoms with van der Waals surface area (Å²) in [6.07, 6.45) is 0.637. The molecule has 0 aliphatic rings. The summed E-state index contributed by atoms with van der Waals surface area (Å²) in [5, 5.41) is 3.12. The summed E-state index contributed by atoms with van der Waals surface area (Å²) < 4.78 is 27.1. The van der Waals surface area contributed by atoms with E-state index >= 15 is 0 Å². The molecule has 0 fully saturated rings. The molecule has 118 valence electrons. The van der Waals surface area contributed by atoms with Crippen molar-refractivity contribution < 1.29 is 13.6 Å². The molecule has 1 N–H and O–H groups in total. The number of carbonyl (C=O) groups excluding carboxylic acids is 1. The van der Waals surface area contributed by atoms with Gasteiger partial charge in [-0.3, -0.25) is 10.1 Å². The monoisotopic (exact) mass is 298 g/mol. The van der Waals surface area contributed by atoms with Crippen LogP contribution in [0, 0.1) is 17.6 Å². The van der Waals surface area contributed by atoms with Crippen LogP contribution in [0.25, 0.3) is 0 Å². The SMILES string of the molecule is CC(C)CC(NC(C)c1cccc(F)c1F)C(=O)N(C)C. The minimum absolute atomic E-state index is 0.0626. The molecule has 21 heavy (non-hydrogen) atoms. The molecular weight excluding hydrogens is 274 g/mol. The number of amides is 1. The smallest absolute Gasteiger partial charge is 0.239 e. The molecular formula is C16H24F2N2O. The third kappa shape index (κ3) is 4.77. The first-order chi connectivity index (χ1) is 9.73. The van der Waals surface area contributed by atoms with Crippen LogP contribution in [0.3, 0.4) is 0 Å². The van der Waals surface area contributed by atoms with E-state index in [9.17, 15) is 13.6 Å². The number of likely N-dealkylation sites (N-methyl/N-ethyl adjacent to an activating group) is 1. The molecule has 3 nitrogen and oxygen atoms in total. The van der Waals surface area contributed by atoms with Crippen LogP contribution in [0.2, 0.25) is 0 Å². The third-order valence-electron chi connectivity index (χ3n) is 3.35. The van der Waals surface area contributed by atoms with E-state index in [0.29, 0.717) is 12.3 Å². The van der Waals surface area contributed by atoms with Gasteiger partial charge in [0, 0.05) is 25.7 Å². The van der Waals surface area contributed by atoms with Gasteiger partial charge in [-0.1, -0.05) is 26.0 Å². The molecule has 5 heteroatoms. The zero-order valence-electron chi connectivity index (χ0n) is 13.3. The Kier molecular flexibility index (Phi) is 6.27. The number of nitrogens with one attached hydrogen (secondary N) is 1. The normalized spacial score (nSPS) is 14.1. The Hall–Kier alpha value is -1.49. The number of rotatable bonds is 6. The molecule has 0 saturated carbocycles. The molecule has 0 bridgehead atoms. The summed E-state index contributed by atoms with van der Waals surface area (Å²) in [5.74, 6) is -1.48. The Bertz CT molecular complexity index is 489. The summed E-state index contributed by atoms with van der Waals surface area (Å²) in [5.41, 5.74) is 0.232. The zero-order valence-corrected chi connectivity index (χ0v) is 13.3. The lowest BCUT2D eigenvalue weighted by Crippen LogP contribution is -2.45. The minimum Gasteiger partial charge on any atom is -0.347 e. The molecule has 1 rings (SSSR count). The fourth-order valence-corrected chi connectivity index (χ4v) is 2.27. The highest BCUT2D eigenvalue weighted by atomic mass is 19.2. The van der Waals surface area contributed by atoms with Crippen molar-refractivity contribution in [3.63, 3.8) is 0 Å². The number of hydrogen-bond acceptors (Lipinski definition) is 2. The van der Waals surface area contributed by atoms with Crippen LogP contribution in [0.4, 0.5) is 8.78 Å². The molecule has 0 aliphatic heterocycles. The third-order valence-corrected chi connectivity index (χ3v) is 3.35. The summed E-state index contributed by atoms with van der Waals surface area (Å²) >= 11 is 0. The second-order valence-electron chi connectivity index (χ2n) is 5.95. The van der Waals surface area contributed by atoms with E-state index in [0.717, 1.165) is 6.07 Å². The fourth-order valence-electron chi connectivity index (χ4n) is 2.27. The Labute approximate surface area is 125 Å². The van der Waals surface area contributed by atoms with Gasteiger partial charge in [0.2, 0.25) is 5.91 Å². The molecule has 2 atom stereocenters. The van der Waals surface area contributed by atoms with Crippen molar-refractivity contribution in [1.29, 1.82) is 0 Å². The first kappa shape index (κ1) is 17.6. The van der Waals surface area contributed by atoms with Gasteiger partial charge in [0.05, 0.1) is 6.04 Å². The first-order valence-electron chi connectivity index (χ1n) is 7.15. The molecule has 0 aliphatic carbocycles. The Morgan fingerprint density at radius 2 is 1.86 bits per heavy atom. The molecule has 0 radical (unpaired) electrons. The molecule has 0 aromatic heterocycles. The second-order valence-corrected chi connectivity index (χ2v) is 5.95. The molecule has 0 saturated heterocycles. The maximum Gasteiger partial charge on any atom is 0.239 e. The van der Waals surface area contributed by atoms with Gasteiger partial charge in [-0.15, -0.1) is 0 Å². The van der Waals surface area contributed by atoms with Crippen molar-refractivity contribution in [3.8, 4) is 0 Å². The van der Waals surface area contributed by atoms with Crippen LogP contribution in [-0.2, 0) is 4.79 Å². The molecule has 0 heterocycles. The van der Waals surface area contributed by atoms with Crippen LogP contribution in [0.5, 0.6) is 0 Å². The maximum absolute atomic E-state index is 13.8. The van der Waals surface area contributed by atoms with Gasteiger partial charge in [0.1, 0.15) is 0 Å². The van der Waals surface area contributed by atoms with E-state index in [2.05, 4.69) is 5.32 Å². The van der Waals surface area contributed by atoms with E-state index in [-0.39, 0.29) is 11.5 Å². The van der Waals surface area contributed by atoms with Crippen molar-refractivity contribution in [2.75, 3.05) is 14.1 Å². The maximum atomic E-state index is 13.8. The summed E-state index contributed by atoms with van der Waals surface area (Å²) in [6.45, 7) is 5.77. The standard InChI is InChI=1S/C16H24F2N2O/c1-10(2)9-14(16(21)20(4)5)19-11(3)12-7-6-8-13(17)15(12)18/h6-8,10-11,14,19H,9H2,1-5H3. The van der Waals surface area contributed by atoms with Gasteiger partial charge in [0.15, 0.2) is 11.6 Å². The second kappa shape index (κ2) is 7.50. The fraction of sp³-hybridized carbons (Fsp3) is 0.562. The Morgan fingerprint density at radius 3 is 2.38 bits per heavy atom. The molecule has 1 amide bonds. The van der Waals surface area contributed by atoms with Crippen LogP contribution in [-0.4, -0.2) is 30.9 Å². The van der Waals surface area contributed by atoms with Crippen molar-refractivity contribution in [2.45, 2.75) is 39.3 Å². The topological polar surface area (TPSA) is 32.3 Å². The van der Waals surface area contributed by atoms with Crippen LogP contribution in [0.15, 0.2) is 18.2 Å². The number of halogens is 2. The predicted octanol–water partition coefficient (Wildman–Crippen LogP) is 3.12. The van der Waals surface area contributed by atoms with E-state index in [1.807, 2.05) is 13.8 Å². The van der Waals surface area contributed by atoms with Crippen LogP contribution in [0.1, 0.15) is 38.8 Å². The average molecular weight is 298 g/mol. The largest absolute Gasteiger partial charge is 0.347 e. The van der Waals surface area contributed by atoms with Crippen molar-refractivity contribution in [1.82, 2.24) is 10.2 Å². The van der Waals surface area contributed by atoms with Crippen molar-refractivity contribution in [2.24, 2.45) is 5.92 Å². The summed E-state index contributed by atoms with van der Waals surface area (Å²) in [4.78, 5) is 13.7. The zero-order chi connectivity index (χ0) is 16.2. The lowest BCUT2D eigenvalue weighted by molar-refractivity contribution is -0.131. The first-order valence-corrected chi connectivity index (χ1v) is 7.15. The van der Waals surface area contributed by atoms with E-state index in [4.69, 9.17) is 0 Å². The number of nitrogens with zero attached hydrogens (tertiary/aromatic N) is 1.